The van der Waals surface area contributed by atoms with Gasteiger partial charge in [-0.15, -0.1) is 0 Å². The van der Waals surface area contributed by atoms with Gasteiger partial charge in [-0.05, 0) is 86.4 Å². The highest BCUT2D eigenvalue weighted by atomic mass is 32.2. The van der Waals surface area contributed by atoms with E-state index in [0.29, 0.717) is 10.8 Å². The Hall–Kier alpha value is 0.0900. The van der Waals surface area contributed by atoms with Crippen molar-refractivity contribution in [2.75, 3.05) is 5.75 Å². The van der Waals surface area contributed by atoms with Gasteiger partial charge in [0.15, 0.2) is 0 Å². The van der Waals surface area contributed by atoms with Gasteiger partial charge in [0.25, 0.3) is 0 Å². The third-order valence-corrected chi connectivity index (χ3v) is 10.2. The van der Waals surface area contributed by atoms with E-state index in [-0.39, 0.29) is 0 Å². The van der Waals surface area contributed by atoms with Gasteiger partial charge in [-0.1, -0.05) is 31.9 Å². The van der Waals surface area contributed by atoms with Crippen LogP contribution in [0.2, 0.25) is 0 Å². The molecule has 0 N–H and O–H groups in total. The van der Waals surface area contributed by atoms with E-state index in [1.165, 1.54) is 57.1 Å². The molecular formula is C21H32S. The lowest BCUT2D eigenvalue weighted by atomic mass is 9.48. The van der Waals surface area contributed by atoms with Gasteiger partial charge in [0.05, 0.1) is 0 Å². The van der Waals surface area contributed by atoms with E-state index in [0.717, 1.165) is 22.5 Å². The Morgan fingerprint density at radius 3 is 2.55 bits per heavy atom. The molecule has 0 aromatic carbocycles. The normalized spacial score (nSPS) is 52.2. The van der Waals surface area contributed by atoms with Crippen molar-refractivity contribution in [1.82, 2.24) is 0 Å². The van der Waals surface area contributed by atoms with E-state index in [4.69, 9.17) is 0 Å². The van der Waals surface area contributed by atoms with Gasteiger partial charge in [0, 0.05) is 10.5 Å². The quantitative estimate of drug-likeness (QED) is 0.378. The molecule has 0 aromatic rings. The van der Waals surface area contributed by atoms with Gasteiger partial charge < -0.3 is 0 Å². The van der Waals surface area contributed by atoms with Crippen LogP contribution in [0.25, 0.3) is 0 Å². The summed E-state index contributed by atoms with van der Waals surface area (Å²) in [4.78, 5) is 0. The summed E-state index contributed by atoms with van der Waals surface area (Å²) in [5, 5.41) is 0. The second kappa shape index (κ2) is 4.38. The fourth-order valence-corrected chi connectivity index (χ4v) is 8.18. The zero-order valence-electron chi connectivity index (χ0n) is 14.7. The number of hydrogen-bond acceptors (Lipinski definition) is 1. The van der Waals surface area contributed by atoms with Crippen LogP contribution in [0.3, 0.4) is 0 Å². The summed E-state index contributed by atoms with van der Waals surface area (Å²) >= 11 is 2.28. The first-order valence-corrected chi connectivity index (χ1v) is 10.8. The van der Waals surface area contributed by atoms with Crippen LogP contribution in [-0.2, 0) is 0 Å². The minimum absolute atomic E-state index is 0.527. The zero-order chi connectivity index (χ0) is 15.2. The molecule has 0 radical (unpaired) electrons. The SMILES string of the molecule is CC1(C)CCC2=C1CCC1C2CCC2C[C@@]3(CC[C@@]21C)CS3. The summed E-state index contributed by atoms with van der Waals surface area (Å²) < 4.78 is 0.769. The molecule has 3 unspecified atom stereocenters. The van der Waals surface area contributed by atoms with E-state index in [9.17, 15) is 0 Å². The molecule has 2 saturated carbocycles. The fourth-order valence-electron chi connectivity index (χ4n) is 7.15. The maximum absolute atomic E-state index is 2.71. The van der Waals surface area contributed by atoms with Crippen LogP contribution in [-0.4, -0.2) is 10.5 Å². The van der Waals surface area contributed by atoms with Crippen molar-refractivity contribution in [3.05, 3.63) is 11.1 Å². The number of rotatable bonds is 0. The van der Waals surface area contributed by atoms with Crippen molar-refractivity contribution in [2.45, 2.75) is 83.3 Å². The topological polar surface area (TPSA) is 0 Å². The monoisotopic (exact) mass is 316 g/mol. The van der Waals surface area contributed by atoms with Crippen LogP contribution >= 0.6 is 11.8 Å². The summed E-state index contributed by atoms with van der Waals surface area (Å²) in [6, 6.07) is 0. The van der Waals surface area contributed by atoms with Crippen LogP contribution < -0.4 is 0 Å². The highest BCUT2D eigenvalue weighted by Crippen LogP contribution is 2.68. The zero-order valence-corrected chi connectivity index (χ0v) is 15.5. The Bertz CT molecular complexity index is 538. The number of thioether (sulfide) groups is 1. The van der Waals surface area contributed by atoms with E-state index in [1.807, 2.05) is 11.1 Å². The van der Waals surface area contributed by atoms with Crippen LogP contribution in [0.15, 0.2) is 11.1 Å². The molecule has 0 bridgehead atoms. The van der Waals surface area contributed by atoms with Crippen molar-refractivity contribution in [2.24, 2.45) is 28.6 Å². The van der Waals surface area contributed by atoms with Gasteiger partial charge in [-0.2, -0.15) is 11.8 Å². The summed E-state index contributed by atoms with van der Waals surface area (Å²) in [5.74, 6) is 4.54. The Morgan fingerprint density at radius 1 is 0.955 bits per heavy atom. The molecule has 0 nitrogen and oxygen atoms in total. The second-order valence-electron chi connectivity index (χ2n) is 10.1. The first kappa shape index (κ1) is 14.4. The van der Waals surface area contributed by atoms with Gasteiger partial charge in [-0.25, -0.2) is 0 Å². The Morgan fingerprint density at radius 2 is 1.77 bits per heavy atom. The molecule has 1 heterocycles. The molecule has 5 rings (SSSR count). The smallest absolute Gasteiger partial charge is 0.0254 e. The van der Waals surface area contributed by atoms with Gasteiger partial charge >= 0.3 is 0 Å². The minimum atomic E-state index is 0.527. The average molecular weight is 317 g/mol. The molecule has 5 aliphatic rings. The molecule has 4 aliphatic carbocycles. The lowest BCUT2D eigenvalue weighted by molar-refractivity contribution is -0.0375. The largest absolute Gasteiger partial charge is 0.153 e. The predicted molar refractivity (Wildman–Crippen MR) is 96.1 cm³/mol. The van der Waals surface area contributed by atoms with Crippen LogP contribution in [0.4, 0.5) is 0 Å². The van der Waals surface area contributed by atoms with Gasteiger partial charge in [0.2, 0.25) is 0 Å². The molecule has 3 fully saturated rings. The van der Waals surface area contributed by atoms with Crippen LogP contribution in [0, 0.1) is 28.6 Å². The summed E-state index contributed by atoms with van der Waals surface area (Å²) in [6.07, 6.45) is 13.5. The Labute approximate surface area is 140 Å². The van der Waals surface area contributed by atoms with E-state index in [1.54, 1.807) is 6.42 Å². The van der Waals surface area contributed by atoms with Crippen molar-refractivity contribution in [3.8, 4) is 0 Å². The second-order valence-corrected chi connectivity index (χ2v) is 11.5. The number of fused-ring (bicyclic) bond motifs is 4. The molecule has 5 atom stereocenters. The van der Waals surface area contributed by atoms with Gasteiger partial charge in [-0.3, -0.25) is 0 Å². The molecule has 122 valence electrons. The van der Waals surface area contributed by atoms with Crippen molar-refractivity contribution in [1.29, 1.82) is 0 Å². The molecule has 0 amide bonds. The third-order valence-electron chi connectivity index (χ3n) is 8.76. The minimum Gasteiger partial charge on any atom is -0.153 e. The summed E-state index contributed by atoms with van der Waals surface area (Å²) in [5.41, 5.74) is 5.07. The molecule has 22 heavy (non-hydrogen) atoms. The van der Waals surface area contributed by atoms with Crippen molar-refractivity contribution in [3.63, 3.8) is 0 Å². The van der Waals surface area contributed by atoms with E-state index < -0.39 is 0 Å². The first-order valence-electron chi connectivity index (χ1n) is 9.80. The highest BCUT2D eigenvalue weighted by Gasteiger charge is 2.59. The van der Waals surface area contributed by atoms with Crippen LogP contribution in [0.1, 0.15) is 78.6 Å². The average Bonchev–Trinajstić information content (AvgIpc) is 3.17. The fraction of sp³-hybridized carbons (Fsp3) is 0.905. The lowest BCUT2D eigenvalue weighted by Crippen LogP contribution is -2.49. The molecule has 1 aliphatic heterocycles. The maximum Gasteiger partial charge on any atom is 0.0254 e. The van der Waals surface area contributed by atoms with Crippen LogP contribution in [0.5, 0.6) is 0 Å². The molecule has 1 saturated heterocycles. The van der Waals surface area contributed by atoms with Crippen molar-refractivity contribution < 1.29 is 0 Å². The Balaban J connectivity index is 1.47. The third kappa shape index (κ3) is 1.84. The predicted octanol–water partition coefficient (Wildman–Crippen LogP) is 6.22. The molecule has 0 aromatic heterocycles. The highest BCUT2D eigenvalue weighted by molar-refractivity contribution is 8.07. The lowest BCUT2D eigenvalue weighted by Gasteiger charge is -2.57. The Kier molecular flexibility index (Phi) is 2.87. The molecule has 1 spiro atoms. The number of allylic oxidation sites excluding steroid dienone is 2. The summed E-state index contributed by atoms with van der Waals surface area (Å²) in [7, 11) is 0. The van der Waals surface area contributed by atoms with Crippen molar-refractivity contribution >= 4 is 11.8 Å². The standard InChI is InChI=1S/C21H32S/c1-19(2)9-8-16-15-5-4-14-12-21(13-22-21)11-10-20(14,3)18(15)7-6-17(16)19/h14-15,18H,4-13H2,1-3H3/t14?,15?,18?,20-,21-/m0/s1. The number of hydrogen-bond donors (Lipinski definition) is 0. The first-order chi connectivity index (χ1) is 10.4. The summed E-state index contributed by atoms with van der Waals surface area (Å²) in [6.45, 7) is 7.73. The van der Waals surface area contributed by atoms with E-state index >= 15 is 0 Å². The molecular weight excluding hydrogens is 284 g/mol. The molecule has 1 heteroatoms. The maximum atomic E-state index is 2.71. The van der Waals surface area contributed by atoms with Gasteiger partial charge in [0.1, 0.15) is 0 Å². The van der Waals surface area contributed by atoms with E-state index in [2.05, 4.69) is 32.5 Å².